The molecule has 1 unspecified atom stereocenters. The van der Waals surface area contributed by atoms with Gasteiger partial charge in [-0.3, -0.25) is 4.90 Å². The van der Waals surface area contributed by atoms with E-state index in [0.717, 1.165) is 26.2 Å². The second-order valence-corrected chi connectivity index (χ2v) is 6.23. The standard InChI is InChI=1S/C16H27N3/c1-12-5-6-13(2)14(11-12)15(17)16(3,4)19-9-7-18-8-10-19/h5-6,11,15,18H,7-10,17H2,1-4H3. The van der Waals surface area contributed by atoms with Crippen molar-refractivity contribution in [2.45, 2.75) is 39.3 Å². The molecule has 0 aliphatic carbocycles. The molecule has 3 N–H and O–H groups in total. The number of piperazine rings is 1. The molecule has 1 atom stereocenters. The minimum absolute atomic E-state index is 0.0132. The predicted octanol–water partition coefficient (Wildman–Crippen LogP) is 1.99. The van der Waals surface area contributed by atoms with E-state index >= 15 is 0 Å². The van der Waals surface area contributed by atoms with Crippen LogP contribution in [0.4, 0.5) is 0 Å². The summed E-state index contributed by atoms with van der Waals surface area (Å²) in [6, 6.07) is 6.62. The van der Waals surface area contributed by atoms with Crippen molar-refractivity contribution in [2.24, 2.45) is 5.73 Å². The summed E-state index contributed by atoms with van der Waals surface area (Å²) in [4.78, 5) is 2.51. The van der Waals surface area contributed by atoms with Crippen LogP contribution in [0, 0.1) is 13.8 Å². The number of hydrogen-bond donors (Lipinski definition) is 2. The lowest BCUT2D eigenvalue weighted by molar-refractivity contribution is 0.0798. The Bertz CT molecular complexity index is 434. The molecule has 0 spiro atoms. The third-order valence-corrected chi connectivity index (χ3v) is 4.46. The highest BCUT2D eigenvalue weighted by molar-refractivity contribution is 5.34. The van der Waals surface area contributed by atoms with Crippen molar-refractivity contribution < 1.29 is 0 Å². The molecule has 3 nitrogen and oxygen atoms in total. The van der Waals surface area contributed by atoms with E-state index in [4.69, 9.17) is 5.73 Å². The van der Waals surface area contributed by atoms with Gasteiger partial charge in [-0.15, -0.1) is 0 Å². The average Bonchev–Trinajstić information content (AvgIpc) is 2.41. The van der Waals surface area contributed by atoms with Crippen molar-refractivity contribution in [2.75, 3.05) is 26.2 Å². The van der Waals surface area contributed by atoms with Gasteiger partial charge in [0.2, 0.25) is 0 Å². The van der Waals surface area contributed by atoms with Crippen molar-refractivity contribution in [3.8, 4) is 0 Å². The first-order chi connectivity index (χ1) is 8.93. The Morgan fingerprint density at radius 3 is 2.47 bits per heavy atom. The van der Waals surface area contributed by atoms with Gasteiger partial charge in [0.05, 0.1) is 0 Å². The van der Waals surface area contributed by atoms with Crippen molar-refractivity contribution in [1.82, 2.24) is 10.2 Å². The molecule has 0 saturated carbocycles. The molecule has 19 heavy (non-hydrogen) atoms. The molecule has 0 radical (unpaired) electrons. The Morgan fingerprint density at radius 2 is 1.84 bits per heavy atom. The van der Waals surface area contributed by atoms with Crippen molar-refractivity contribution in [1.29, 1.82) is 0 Å². The number of benzene rings is 1. The Morgan fingerprint density at radius 1 is 1.21 bits per heavy atom. The first-order valence-electron chi connectivity index (χ1n) is 7.21. The lowest BCUT2D eigenvalue weighted by Crippen LogP contribution is -2.57. The summed E-state index contributed by atoms with van der Waals surface area (Å²) in [5.41, 5.74) is 10.5. The number of aryl methyl sites for hydroxylation is 2. The summed E-state index contributed by atoms with van der Waals surface area (Å²) in [6.07, 6.45) is 0. The van der Waals surface area contributed by atoms with Crippen LogP contribution in [0.5, 0.6) is 0 Å². The highest BCUT2D eigenvalue weighted by atomic mass is 15.2. The van der Waals surface area contributed by atoms with E-state index in [1.807, 2.05) is 0 Å². The molecule has 106 valence electrons. The highest BCUT2D eigenvalue weighted by Gasteiger charge is 2.35. The van der Waals surface area contributed by atoms with Gasteiger partial charge in [-0.1, -0.05) is 23.8 Å². The minimum Gasteiger partial charge on any atom is -0.322 e. The molecule has 1 fully saturated rings. The lowest BCUT2D eigenvalue weighted by atomic mass is 9.84. The Hall–Kier alpha value is -0.900. The SMILES string of the molecule is Cc1ccc(C)c(C(N)C(C)(C)N2CCNCC2)c1. The van der Waals surface area contributed by atoms with Crippen molar-refractivity contribution in [3.63, 3.8) is 0 Å². The van der Waals surface area contributed by atoms with Crippen molar-refractivity contribution in [3.05, 3.63) is 34.9 Å². The molecule has 0 amide bonds. The van der Waals surface area contributed by atoms with Gasteiger partial charge in [-0.05, 0) is 38.8 Å². The number of hydrogen-bond acceptors (Lipinski definition) is 3. The molecule has 2 rings (SSSR count). The largest absolute Gasteiger partial charge is 0.322 e. The number of nitrogens with zero attached hydrogens (tertiary/aromatic N) is 1. The topological polar surface area (TPSA) is 41.3 Å². The Kier molecular flexibility index (Phi) is 4.29. The van der Waals surface area contributed by atoms with Crippen LogP contribution in [0.2, 0.25) is 0 Å². The van der Waals surface area contributed by atoms with Crippen molar-refractivity contribution >= 4 is 0 Å². The van der Waals surface area contributed by atoms with E-state index in [0.29, 0.717) is 0 Å². The van der Waals surface area contributed by atoms with Gasteiger partial charge >= 0.3 is 0 Å². The predicted molar refractivity (Wildman–Crippen MR) is 81.4 cm³/mol. The maximum Gasteiger partial charge on any atom is 0.0479 e. The zero-order valence-corrected chi connectivity index (χ0v) is 12.7. The normalized spacial score (nSPS) is 19.4. The summed E-state index contributed by atoms with van der Waals surface area (Å²) in [7, 11) is 0. The summed E-state index contributed by atoms with van der Waals surface area (Å²) in [6.45, 7) is 13.1. The van der Waals surface area contributed by atoms with Crippen LogP contribution < -0.4 is 11.1 Å². The van der Waals surface area contributed by atoms with Gasteiger partial charge in [0.25, 0.3) is 0 Å². The van der Waals surface area contributed by atoms with E-state index < -0.39 is 0 Å². The van der Waals surface area contributed by atoms with Crippen LogP contribution in [0.3, 0.4) is 0 Å². The van der Waals surface area contributed by atoms with Crippen LogP contribution in [0.15, 0.2) is 18.2 Å². The number of nitrogens with two attached hydrogens (primary N) is 1. The third kappa shape index (κ3) is 2.99. The van der Waals surface area contributed by atoms with Gasteiger partial charge in [-0.25, -0.2) is 0 Å². The highest BCUT2D eigenvalue weighted by Crippen LogP contribution is 2.31. The molecule has 1 aliphatic rings. The van der Waals surface area contributed by atoms with Crippen LogP contribution >= 0.6 is 0 Å². The van der Waals surface area contributed by atoms with Gasteiger partial charge in [-0.2, -0.15) is 0 Å². The lowest BCUT2D eigenvalue weighted by Gasteiger charge is -2.45. The van der Waals surface area contributed by atoms with Crippen LogP contribution in [-0.2, 0) is 0 Å². The van der Waals surface area contributed by atoms with Gasteiger partial charge < -0.3 is 11.1 Å². The molecular weight excluding hydrogens is 234 g/mol. The summed E-state index contributed by atoms with van der Waals surface area (Å²) in [5.74, 6) is 0. The van der Waals surface area contributed by atoms with E-state index in [1.54, 1.807) is 0 Å². The van der Waals surface area contributed by atoms with E-state index in [2.05, 4.69) is 56.1 Å². The Balaban J connectivity index is 2.25. The third-order valence-electron chi connectivity index (χ3n) is 4.46. The summed E-state index contributed by atoms with van der Waals surface area (Å²) >= 11 is 0. The van der Waals surface area contributed by atoms with Gasteiger partial charge in [0, 0.05) is 37.8 Å². The second kappa shape index (κ2) is 5.61. The molecule has 1 heterocycles. The molecule has 1 aromatic rings. The Labute approximate surface area is 117 Å². The molecule has 1 aliphatic heterocycles. The molecule has 0 bridgehead atoms. The average molecular weight is 261 g/mol. The first kappa shape index (κ1) is 14.5. The quantitative estimate of drug-likeness (QED) is 0.874. The minimum atomic E-state index is -0.0132. The molecule has 0 aromatic heterocycles. The summed E-state index contributed by atoms with van der Waals surface area (Å²) < 4.78 is 0. The number of nitrogens with one attached hydrogen (secondary N) is 1. The molecular formula is C16H27N3. The molecule has 1 saturated heterocycles. The van der Waals surface area contributed by atoms with E-state index in [9.17, 15) is 0 Å². The van der Waals surface area contributed by atoms with Gasteiger partial charge in [0.15, 0.2) is 0 Å². The van der Waals surface area contributed by atoms with Gasteiger partial charge in [0.1, 0.15) is 0 Å². The van der Waals surface area contributed by atoms with Crippen LogP contribution in [-0.4, -0.2) is 36.6 Å². The van der Waals surface area contributed by atoms with Crippen LogP contribution in [0.25, 0.3) is 0 Å². The number of rotatable bonds is 3. The first-order valence-corrected chi connectivity index (χ1v) is 7.21. The maximum absolute atomic E-state index is 6.61. The van der Waals surface area contributed by atoms with Crippen LogP contribution in [0.1, 0.15) is 36.6 Å². The van der Waals surface area contributed by atoms with E-state index in [1.165, 1.54) is 16.7 Å². The monoisotopic (exact) mass is 261 g/mol. The molecule has 3 heteroatoms. The fraction of sp³-hybridized carbons (Fsp3) is 0.625. The fourth-order valence-electron chi connectivity index (χ4n) is 2.91. The van der Waals surface area contributed by atoms with E-state index in [-0.39, 0.29) is 11.6 Å². The zero-order valence-electron chi connectivity index (χ0n) is 12.7. The smallest absolute Gasteiger partial charge is 0.0479 e. The fourth-order valence-corrected chi connectivity index (χ4v) is 2.91. The maximum atomic E-state index is 6.61. The second-order valence-electron chi connectivity index (χ2n) is 6.23. The molecule has 1 aromatic carbocycles. The zero-order chi connectivity index (χ0) is 14.0. The summed E-state index contributed by atoms with van der Waals surface area (Å²) in [5, 5.41) is 3.40.